The highest BCUT2D eigenvalue weighted by Gasteiger charge is 2.21. The Hall–Kier alpha value is -2.65. The lowest BCUT2D eigenvalue weighted by Gasteiger charge is -2.08. The molecule has 0 aliphatic rings. The van der Waals surface area contributed by atoms with Crippen molar-refractivity contribution in [2.24, 2.45) is 0 Å². The van der Waals surface area contributed by atoms with Gasteiger partial charge in [-0.2, -0.15) is 0 Å². The van der Waals surface area contributed by atoms with Crippen LogP contribution in [0.3, 0.4) is 0 Å². The molecule has 7 nitrogen and oxygen atoms in total. The summed E-state index contributed by atoms with van der Waals surface area (Å²) in [4.78, 5) is 12.4. The highest BCUT2D eigenvalue weighted by Crippen LogP contribution is 2.21. The first-order chi connectivity index (χ1) is 13.5. The van der Waals surface area contributed by atoms with Crippen LogP contribution >= 0.6 is 11.8 Å². The summed E-state index contributed by atoms with van der Waals surface area (Å²) in [5, 5.41) is 11.4. The Morgan fingerprint density at radius 1 is 1.04 bits per heavy atom. The molecular weight excluding hydrogens is 396 g/mol. The summed E-state index contributed by atoms with van der Waals surface area (Å²) in [6.45, 7) is 2.39. The number of rotatable bonds is 8. The Balaban J connectivity index is 1.67. The van der Waals surface area contributed by atoms with Gasteiger partial charge in [-0.05, 0) is 31.2 Å². The maximum absolute atomic E-state index is 12.6. The number of hydrogen-bond acceptors (Lipinski definition) is 6. The molecule has 1 heterocycles. The fourth-order valence-electron chi connectivity index (χ4n) is 2.58. The van der Waals surface area contributed by atoms with Crippen LogP contribution in [0.5, 0.6) is 0 Å². The molecule has 9 heteroatoms. The van der Waals surface area contributed by atoms with Crippen molar-refractivity contribution >= 4 is 33.2 Å². The van der Waals surface area contributed by atoms with Crippen LogP contribution in [0.15, 0.2) is 70.7 Å². The highest BCUT2D eigenvalue weighted by molar-refractivity contribution is 7.99. The lowest BCUT2D eigenvalue weighted by atomic mass is 10.3. The number of carbonyl (C=O) groups excluding carboxylic acids is 1. The van der Waals surface area contributed by atoms with Gasteiger partial charge in [-0.25, -0.2) is 8.42 Å². The Bertz CT molecular complexity index is 1040. The van der Waals surface area contributed by atoms with E-state index >= 15 is 0 Å². The third kappa shape index (κ3) is 4.99. The van der Waals surface area contributed by atoms with E-state index in [1.54, 1.807) is 34.9 Å². The van der Waals surface area contributed by atoms with Gasteiger partial charge in [-0.3, -0.25) is 4.79 Å². The van der Waals surface area contributed by atoms with Gasteiger partial charge >= 0.3 is 0 Å². The summed E-state index contributed by atoms with van der Waals surface area (Å²) in [7, 11) is -3.52. The minimum Gasteiger partial charge on any atom is -0.325 e. The van der Waals surface area contributed by atoms with Crippen LogP contribution in [0, 0.1) is 0 Å². The number of benzene rings is 2. The van der Waals surface area contributed by atoms with Crippen LogP contribution in [-0.2, 0) is 26.9 Å². The number of amides is 1. The molecule has 1 N–H and O–H groups in total. The predicted octanol–water partition coefficient (Wildman–Crippen LogP) is 3.00. The second-order valence-corrected chi connectivity index (χ2v) is 8.85. The molecule has 3 rings (SSSR count). The number of nitrogens with one attached hydrogen (secondary N) is 1. The van der Waals surface area contributed by atoms with E-state index in [-0.39, 0.29) is 22.3 Å². The Labute approximate surface area is 168 Å². The van der Waals surface area contributed by atoms with E-state index in [0.29, 0.717) is 17.5 Å². The Morgan fingerprint density at radius 3 is 2.32 bits per heavy atom. The van der Waals surface area contributed by atoms with Crippen molar-refractivity contribution in [1.29, 1.82) is 0 Å². The van der Waals surface area contributed by atoms with E-state index in [2.05, 4.69) is 15.5 Å². The van der Waals surface area contributed by atoms with Crippen molar-refractivity contribution < 1.29 is 13.2 Å². The van der Waals surface area contributed by atoms with E-state index in [1.807, 2.05) is 37.3 Å². The van der Waals surface area contributed by atoms with Crippen LogP contribution in [0.4, 0.5) is 5.69 Å². The minimum absolute atomic E-state index is 0.151. The summed E-state index contributed by atoms with van der Waals surface area (Å²) >= 11 is 1.22. The van der Waals surface area contributed by atoms with Gasteiger partial charge in [0, 0.05) is 12.2 Å². The zero-order valence-electron chi connectivity index (χ0n) is 15.3. The molecule has 1 aromatic heterocycles. The first-order valence-corrected chi connectivity index (χ1v) is 11.3. The molecular formula is C19H20N4O3S2. The van der Waals surface area contributed by atoms with Crippen molar-refractivity contribution in [1.82, 2.24) is 14.8 Å². The largest absolute Gasteiger partial charge is 0.325 e. The van der Waals surface area contributed by atoms with E-state index < -0.39 is 9.84 Å². The quantitative estimate of drug-likeness (QED) is 0.568. The lowest BCUT2D eigenvalue weighted by Crippen LogP contribution is -2.15. The van der Waals surface area contributed by atoms with Crippen LogP contribution in [0.25, 0.3) is 0 Å². The molecule has 28 heavy (non-hydrogen) atoms. The van der Waals surface area contributed by atoms with Crippen molar-refractivity contribution in [3.63, 3.8) is 0 Å². The van der Waals surface area contributed by atoms with Crippen molar-refractivity contribution in [2.45, 2.75) is 29.3 Å². The zero-order chi connectivity index (χ0) is 20.0. The molecule has 0 aliphatic heterocycles. The molecule has 0 aliphatic carbocycles. The van der Waals surface area contributed by atoms with Crippen LogP contribution in [0.1, 0.15) is 12.7 Å². The number of anilines is 1. The maximum Gasteiger partial charge on any atom is 0.234 e. The van der Waals surface area contributed by atoms with Gasteiger partial charge in [0.05, 0.1) is 10.6 Å². The highest BCUT2D eigenvalue weighted by atomic mass is 32.2. The summed E-state index contributed by atoms with van der Waals surface area (Å²) in [5.74, 6) is 0.102. The predicted molar refractivity (Wildman–Crippen MR) is 109 cm³/mol. The number of sulfone groups is 1. The average molecular weight is 417 g/mol. The average Bonchev–Trinajstić information content (AvgIpc) is 3.08. The second kappa shape index (κ2) is 9.03. The SMILES string of the molecule is CCn1c(CS(=O)(=O)c2ccccc2)nnc1SCC(=O)Nc1ccccc1. The topological polar surface area (TPSA) is 93.9 Å². The molecule has 1 amide bonds. The number of para-hydroxylation sites is 1. The van der Waals surface area contributed by atoms with Gasteiger partial charge in [0.25, 0.3) is 0 Å². The third-order valence-electron chi connectivity index (χ3n) is 3.92. The smallest absolute Gasteiger partial charge is 0.234 e. The van der Waals surface area contributed by atoms with Gasteiger partial charge in [0.2, 0.25) is 5.91 Å². The minimum atomic E-state index is -3.52. The van der Waals surface area contributed by atoms with Gasteiger partial charge in [0.15, 0.2) is 15.0 Å². The third-order valence-corrected chi connectivity index (χ3v) is 6.52. The molecule has 0 atom stereocenters. The Morgan fingerprint density at radius 2 is 1.68 bits per heavy atom. The van der Waals surface area contributed by atoms with Crippen molar-refractivity contribution in [3.05, 3.63) is 66.5 Å². The van der Waals surface area contributed by atoms with Crippen LogP contribution in [-0.4, -0.2) is 34.8 Å². The van der Waals surface area contributed by atoms with E-state index in [4.69, 9.17) is 0 Å². The van der Waals surface area contributed by atoms with E-state index in [9.17, 15) is 13.2 Å². The molecule has 0 saturated carbocycles. The maximum atomic E-state index is 12.6. The van der Waals surface area contributed by atoms with Gasteiger partial charge in [-0.15, -0.1) is 10.2 Å². The van der Waals surface area contributed by atoms with Gasteiger partial charge in [-0.1, -0.05) is 48.2 Å². The fraction of sp³-hybridized carbons (Fsp3) is 0.211. The molecule has 2 aromatic carbocycles. The van der Waals surface area contributed by atoms with E-state index in [0.717, 1.165) is 5.69 Å². The van der Waals surface area contributed by atoms with Crippen LogP contribution < -0.4 is 5.32 Å². The number of nitrogens with zero attached hydrogens (tertiary/aromatic N) is 3. The molecule has 0 spiro atoms. The molecule has 0 saturated heterocycles. The number of carbonyl (C=O) groups is 1. The molecule has 0 fully saturated rings. The first-order valence-electron chi connectivity index (χ1n) is 8.67. The number of hydrogen-bond donors (Lipinski definition) is 1. The monoisotopic (exact) mass is 416 g/mol. The molecule has 0 radical (unpaired) electrons. The molecule has 3 aromatic rings. The van der Waals surface area contributed by atoms with E-state index in [1.165, 1.54) is 11.8 Å². The zero-order valence-corrected chi connectivity index (χ0v) is 16.9. The second-order valence-electron chi connectivity index (χ2n) is 5.92. The fourth-order valence-corrected chi connectivity index (χ4v) is 4.69. The first kappa shape index (κ1) is 20.1. The van der Waals surface area contributed by atoms with Crippen molar-refractivity contribution in [3.8, 4) is 0 Å². The number of thioether (sulfide) groups is 1. The lowest BCUT2D eigenvalue weighted by molar-refractivity contribution is -0.113. The summed E-state index contributed by atoms with van der Waals surface area (Å²) < 4.78 is 26.9. The summed E-state index contributed by atoms with van der Waals surface area (Å²) in [6, 6.07) is 17.4. The van der Waals surface area contributed by atoms with Crippen molar-refractivity contribution in [2.75, 3.05) is 11.1 Å². The van der Waals surface area contributed by atoms with Crippen LogP contribution in [0.2, 0.25) is 0 Å². The number of aromatic nitrogens is 3. The molecule has 0 unspecified atom stereocenters. The standard InChI is InChI=1S/C19H20N4O3S2/c1-2-23-17(14-28(25,26)16-11-7-4-8-12-16)21-22-19(23)27-13-18(24)20-15-9-5-3-6-10-15/h3-12H,2,13-14H2,1H3,(H,20,24). The summed E-state index contributed by atoms with van der Waals surface area (Å²) in [6.07, 6.45) is 0. The Kier molecular flexibility index (Phi) is 6.48. The van der Waals surface area contributed by atoms with Gasteiger partial charge < -0.3 is 9.88 Å². The normalized spacial score (nSPS) is 11.3. The van der Waals surface area contributed by atoms with Gasteiger partial charge in [0.1, 0.15) is 11.6 Å². The summed E-state index contributed by atoms with van der Waals surface area (Å²) in [5.41, 5.74) is 0.722. The molecule has 146 valence electrons. The molecule has 0 bridgehead atoms.